The number of anilines is 1. The normalized spacial score (nSPS) is 17.5. The standard InChI is InChI=1S/C15H19ClN2O4/c1-21-12-4-3-11(8-13(12)22-2)18-9-10(7-15(18)20)17-14(19)5-6-16/h3-4,8,10H,5-7,9H2,1-2H3,(H,17,19). The van der Waals surface area contributed by atoms with Crippen LogP contribution in [0.5, 0.6) is 11.5 Å². The molecule has 6 nitrogen and oxygen atoms in total. The minimum atomic E-state index is -0.198. The fourth-order valence-electron chi connectivity index (χ4n) is 2.43. The maximum Gasteiger partial charge on any atom is 0.229 e. The lowest BCUT2D eigenvalue weighted by Gasteiger charge is -2.19. The molecule has 1 aliphatic rings. The number of methoxy groups -OCH3 is 2. The number of halogens is 1. The number of nitrogens with one attached hydrogen (secondary N) is 1. The van der Waals surface area contributed by atoms with Crippen molar-refractivity contribution in [2.75, 3.05) is 31.5 Å². The predicted molar refractivity (Wildman–Crippen MR) is 83.8 cm³/mol. The van der Waals surface area contributed by atoms with Crippen molar-refractivity contribution in [3.63, 3.8) is 0 Å². The first-order chi connectivity index (χ1) is 10.6. The molecule has 0 radical (unpaired) electrons. The minimum absolute atomic E-state index is 0.0385. The molecule has 0 bridgehead atoms. The number of benzene rings is 1. The van der Waals surface area contributed by atoms with Crippen LogP contribution >= 0.6 is 11.6 Å². The number of hydrogen-bond acceptors (Lipinski definition) is 4. The van der Waals surface area contributed by atoms with Gasteiger partial charge < -0.3 is 19.7 Å². The Morgan fingerprint density at radius 1 is 1.36 bits per heavy atom. The number of amides is 2. The van der Waals surface area contributed by atoms with Crippen LogP contribution in [0.3, 0.4) is 0 Å². The van der Waals surface area contributed by atoms with Gasteiger partial charge in [0, 0.05) is 37.0 Å². The molecule has 2 amide bonds. The van der Waals surface area contributed by atoms with Crippen LogP contribution < -0.4 is 19.7 Å². The van der Waals surface area contributed by atoms with Crippen LogP contribution in [-0.2, 0) is 9.59 Å². The van der Waals surface area contributed by atoms with Crippen molar-refractivity contribution in [3.05, 3.63) is 18.2 Å². The molecule has 0 aliphatic carbocycles. The van der Waals surface area contributed by atoms with E-state index in [0.717, 1.165) is 5.69 Å². The van der Waals surface area contributed by atoms with E-state index in [1.807, 2.05) is 0 Å². The number of carbonyl (C=O) groups excluding carboxylic acids is 2. The molecule has 1 atom stereocenters. The molecule has 0 spiro atoms. The van der Waals surface area contributed by atoms with Gasteiger partial charge >= 0.3 is 0 Å². The van der Waals surface area contributed by atoms with Crippen LogP contribution in [0.1, 0.15) is 12.8 Å². The second kappa shape index (κ2) is 7.35. The third-order valence-electron chi connectivity index (χ3n) is 3.49. The van der Waals surface area contributed by atoms with Gasteiger partial charge in [0.2, 0.25) is 11.8 Å². The first-order valence-corrected chi connectivity index (χ1v) is 7.50. The average molecular weight is 327 g/mol. The highest BCUT2D eigenvalue weighted by molar-refractivity contribution is 6.18. The van der Waals surface area contributed by atoms with Crippen molar-refractivity contribution in [2.24, 2.45) is 0 Å². The van der Waals surface area contributed by atoms with Gasteiger partial charge in [-0.25, -0.2) is 0 Å². The average Bonchev–Trinajstić information content (AvgIpc) is 2.87. The zero-order valence-electron chi connectivity index (χ0n) is 12.6. The Kier molecular flexibility index (Phi) is 5.49. The second-order valence-corrected chi connectivity index (χ2v) is 5.33. The molecule has 22 heavy (non-hydrogen) atoms. The summed E-state index contributed by atoms with van der Waals surface area (Å²) in [4.78, 5) is 25.4. The highest BCUT2D eigenvalue weighted by Gasteiger charge is 2.31. The Morgan fingerprint density at radius 2 is 2.09 bits per heavy atom. The molecule has 1 saturated heterocycles. The zero-order chi connectivity index (χ0) is 16.1. The van der Waals surface area contributed by atoms with Gasteiger partial charge in [-0.05, 0) is 12.1 Å². The highest BCUT2D eigenvalue weighted by atomic mass is 35.5. The summed E-state index contributed by atoms with van der Waals surface area (Å²) in [5.41, 5.74) is 0.719. The van der Waals surface area contributed by atoms with Crippen molar-refractivity contribution < 1.29 is 19.1 Å². The molecule has 1 aromatic carbocycles. The van der Waals surface area contributed by atoms with E-state index in [1.54, 1.807) is 37.3 Å². The van der Waals surface area contributed by atoms with Crippen molar-refractivity contribution >= 4 is 29.1 Å². The molecule has 120 valence electrons. The largest absolute Gasteiger partial charge is 0.493 e. The number of nitrogens with zero attached hydrogens (tertiary/aromatic N) is 1. The highest BCUT2D eigenvalue weighted by Crippen LogP contribution is 2.33. The Labute approximate surface area is 134 Å². The van der Waals surface area contributed by atoms with Crippen LogP contribution in [0, 0.1) is 0 Å². The molecular formula is C15H19ClN2O4. The van der Waals surface area contributed by atoms with E-state index in [2.05, 4.69) is 5.32 Å². The van der Waals surface area contributed by atoms with E-state index in [0.29, 0.717) is 18.0 Å². The van der Waals surface area contributed by atoms with Crippen molar-refractivity contribution in [1.82, 2.24) is 5.32 Å². The van der Waals surface area contributed by atoms with Gasteiger partial charge in [0.1, 0.15) is 0 Å². The molecular weight excluding hydrogens is 308 g/mol. The topological polar surface area (TPSA) is 67.9 Å². The molecule has 1 N–H and O–H groups in total. The van der Waals surface area contributed by atoms with E-state index in [-0.39, 0.29) is 36.6 Å². The summed E-state index contributed by atoms with van der Waals surface area (Å²) in [6.07, 6.45) is 0.533. The Hall–Kier alpha value is -1.95. The first kappa shape index (κ1) is 16.4. The van der Waals surface area contributed by atoms with E-state index in [4.69, 9.17) is 21.1 Å². The SMILES string of the molecule is COc1ccc(N2CC(NC(=O)CCCl)CC2=O)cc1OC. The summed E-state index contributed by atoms with van der Waals surface area (Å²) in [5, 5.41) is 2.82. The summed E-state index contributed by atoms with van der Waals surface area (Å²) >= 11 is 5.53. The number of alkyl halides is 1. The third kappa shape index (κ3) is 3.62. The first-order valence-electron chi connectivity index (χ1n) is 6.96. The number of hydrogen-bond donors (Lipinski definition) is 1. The number of carbonyl (C=O) groups is 2. The Morgan fingerprint density at radius 3 is 2.73 bits per heavy atom. The van der Waals surface area contributed by atoms with Crippen LogP contribution in [0.2, 0.25) is 0 Å². The molecule has 1 heterocycles. The van der Waals surface area contributed by atoms with Crippen LogP contribution in [0.15, 0.2) is 18.2 Å². The summed E-state index contributed by atoms with van der Waals surface area (Å²) in [6, 6.07) is 5.10. The van der Waals surface area contributed by atoms with Gasteiger partial charge in [-0.1, -0.05) is 0 Å². The molecule has 1 fully saturated rings. The van der Waals surface area contributed by atoms with Crippen LogP contribution in [0.25, 0.3) is 0 Å². The van der Waals surface area contributed by atoms with Crippen molar-refractivity contribution in [1.29, 1.82) is 0 Å². The van der Waals surface area contributed by atoms with E-state index in [1.165, 1.54) is 0 Å². The van der Waals surface area contributed by atoms with Crippen LogP contribution in [-0.4, -0.2) is 44.5 Å². The predicted octanol–water partition coefficient (Wildman–Crippen LogP) is 1.55. The summed E-state index contributed by atoms with van der Waals surface area (Å²) in [5.74, 6) is 1.25. The molecule has 1 aliphatic heterocycles. The van der Waals surface area contributed by atoms with Gasteiger partial charge in [0.15, 0.2) is 11.5 Å². The maximum absolute atomic E-state index is 12.2. The smallest absolute Gasteiger partial charge is 0.229 e. The quantitative estimate of drug-likeness (QED) is 0.805. The van der Waals surface area contributed by atoms with Gasteiger partial charge in [-0.3, -0.25) is 9.59 Å². The lowest BCUT2D eigenvalue weighted by molar-refractivity contribution is -0.121. The molecule has 1 aromatic rings. The van der Waals surface area contributed by atoms with Crippen molar-refractivity contribution in [2.45, 2.75) is 18.9 Å². The van der Waals surface area contributed by atoms with E-state index < -0.39 is 0 Å². The second-order valence-electron chi connectivity index (χ2n) is 4.95. The zero-order valence-corrected chi connectivity index (χ0v) is 13.4. The van der Waals surface area contributed by atoms with Gasteiger partial charge in [0.25, 0.3) is 0 Å². The lowest BCUT2D eigenvalue weighted by atomic mass is 10.2. The number of rotatable bonds is 6. The fraction of sp³-hybridized carbons (Fsp3) is 0.467. The van der Waals surface area contributed by atoms with E-state index in [9.17, 15) is 9.59 Å². The molecule has 1 unspecified atom stereocenters. The van der Waals surface area contributed by atoms with E-state index >= 15 is 0 Å². The molecule has 0 aromatic heterocycles. The third-order valence-corrected chi connectivity index (χ3v) is 3.68. The molecule has 7 heteroatoms. The van der Waals surface area contributed by atoms with Gasteiger partial charge in [0.05, 0.1) is 20.3 Å². The summed E-state index contributed by atoms with van der Waals surface area (Å²) in [6.45, 7) is 0.433. The van der Waals surface area contributed by atoms with Gasteiger partial charge in [-0.15, -0.1) is 11.6 Å². The van der Waals surface area contributed by atoms with Crippen LogP contribution in [0.4, 0.5) is 5.69 Å². The molecule has 0 saturated carbocycles. The fourth-order valence-corrected chi connectivity index (χ4v) is 2.60. The monoisotopic (exact) mass is 326 g/mol. The Bertz CT molecular complexity index is 564. The summed E-state index contributed by atoms with van der Waals surface area (Å²) in [7, 11) is 3.10. The minimum Gasteiger partial charge on any atom is -0.493 e. The van der Waals surface area contributed by atoms with Crippen molar-refractivity contribution in [3.8, 4) is 11.5 Å². The number of ether oxygens (including phenoxy) is 2. The Balaban J connectivity index is 2.10. The summed E-state index contributed by atoms with van der Waals surface area (Å²) < 4.78 is 10.4. The van der Waals surface area contributed by atoms with Gasteiger partial charge in [-0.2, -0.15) is 0 Å². The lowest BCUT2D eigenvalue weighted by Crippen LogP contribution is -2.37. The maximum atomic E-state index is 12.2. The molecule has 2 rings (SSSR count).